The molecular formula is C11H21BNO5P. The Morgan fingerprint density at radius 1 is 1.47 bits per heavy atom. The minimum absolute atomic E-state index is 0.175. The fourth-order valence-corrected chi connectivity index (χ4v) is 2.51. The van der Waals surface area contributed by atoms with Gasteiger partial charge in [0, 0.05) is 39.1 Å². The lowest BCUT2D eigenvalue weighted by atomic mass is 9.94. The summed E-state index contributed by atoms with van der Waals surface area (Å²) in [5.74, 6) is 1.38. The van der Waals surface area contributed by atoms with Crippen molar-refractivity contribution >= 4 is 15.4 Å². The van der Waals surface area contributed by atoms with Crippen molar-refractivity contribution in [2.24, 2.45) is 5.73 Å². The molecule has 1 aliphatic heterocycles. The topological polar surface area (TPSA) is 80.0 Å². The molecule has 108 valence electrons. The van der Waals surface area contributed by atoms with Crippen LogP contribution < -0.4 is 5.73 Å². The van der Waals surface area contributed by atoms with Gasteiger partial charge >= 0.3 is 7.60 Å². The number of ether oxygens (including phenoxy) is 2. The molecule has 3 atom stereocenters. The third-order valence-electron chi connectivity index (χ3n) is 2.84. The van der Waals surface area contributed by atoms with Crippen molar-refractivity contribution in [1.82, 2.24) is 0 Å². The number of rotatable bonds is 8. The lowest BCUT2D eigenvalue weighted by Crippen LogP contribution is -2.25. The van der Waals surface area contributed by atoms with Gasteiger partial charge in [-0.2, -0.15) is 0 Å². The average molecular weight is 289 g/mol. The number of nitrogens with two attached hydrogens (primary N) is 1. The maximum absolute atomic E-state index is 11.8. The van der Waals surface area contributed by atoms with Gasteiger partial charge in [0.25, 0.3) is 0 Å². The zero-order valence-corrected chi connectivity index (χ0v) is 12.3. The van der Waals surface area contributed by atoms with Gasteiger partial charge in [-0.25, -0.2) is 0 Å². The van der Waals surface area contributed by atoms with Crippen LogP contribution in [0.15, 0.2) is 11.9 Å². The second-order valence-electron chi connectivity index (χ2n) is 4.17. The highest BCUT2D eigenvalue weighted by molar-refractivity contribution is 7.57. The van der Waals surface area contributed by atoms with Gasteiger partial charge in [0.05, 0.1) is 12.2 Å². The molecule has 1 fully saturated rings. The highest BCUT2D eigenvalue weighted by Gasteiger charge is 2.31. The predicted octanol–water partition coefficient (Wildman–Crippen LogP) is 1.00. The van der Waals surface area contributed by atoms with E-state index >= 15 is 0 Å². The Balaban J connectivity index is 2.46. The zero-order chi connectivity index (χ0) is 14.3. The maximum Gasteiger partial charge on any atom is 0.353 e. The molecule has 0 aromatic heterocycles. The van der Waals surface area contributed by atoms with Crippen LogP contribution in [0.1, 0.15) is 12.8 Å². The molecule has 8 heteroatoms. The van der Waals surface area contributed by atoms with Crippen molar-refractivity contribution < 1.29 is 23.1 Å². The van der Waals surface area contributed by atoms with E-state index in [-0.39, 0.29) is 12.2 Å². The molecule has 0 aromatic rings. The van der Waals surface area contributed by atoms with Gasteiger partial charge in [-0.1, -0.05) is 0 Å². The standard InChI is InChI=1S/C11H21BNO5P/c1-15-19(14,16-2)7-4-9-8-10(11(12)18-9)17-6-3-5-13/h4,7,9-11H,3,5-6,8,13H2,1-2H3/b7-4+/t9-,10-,11-/m1/s1. The summed E-state index contributed by atoms with van der Waals surface area (Å²) in [7, 11) is 5.31. The molecule has 2 radical (unpaired) electrons. The Morgan fingerprint density at radius 3 is 2.74 bits per heavy atom. The van der Waals surface area contributed by atoms with E-state index in [4.69, 9.17) is 32.1 Å². The van der Waals surface area contributed by atoms with E-state index in [1.54, 1.807) is 6.08 Å². The quantitative estimate of drug-likeness (QED) is 0.408. The zero-order valence-electron chi connectivity index (χ0n) is 11.4. The summed E-state index contributed by atoms with van der Waals surface area (Å²) < 4.78 is 32.5. The van der Waals surface area contributed by atoms with E-state index < -0.39 is 13.6 Å². The molecule has 6 nitrogen and oxygen atoms in total. The molecule has 1 saturated heterocycles. The summed E-state index contributed by atoms with van der Waals surface area (Å²) in [6.45, 7) is 1.14. The minimum atomic E-state index is -3.16. The molecule has 1 heterocycles. The first kappa shape index (κ1) is 16.9. The molecule has 1 rings (SSSR count). The van der Waals surface area contributed by atoms with Gasteiger partial charge in [0.15, 0.2) is 0 Å². The highest BCUT2D eigenvalue weighted by Crippen LogP contribution is 2.48. The van der Waals surface area contributed by atoms with Gasteiger partial charge < -0.3 is 24.3 Å². The van der Waals surface area contributed by atoms with Crippen LogP contribution >= 0.6 is 7.60 Å². The molecule has 0 spiro atoms. The molecule has 0 aliphatic carbocycles. The first-order valence-corrected chi connectivity index (χ1v) is 7.79. The maximum atomic E-state index is 11.8. The third-order valence-corrected chi connectivity index (χ3v) is 4.39. The van der Waals surface area contributed by atoms with E-state index in [2.05, 4.69) is 0 Å². The van der Waals surface area contributed by atoms with Gasteiger partial charge in [-0.3, -0.25) is 4.57 Å². The monoisotopic (exact) mass is 289 g/mol. The summed E-state index contributed by atoms with van der Waals surface area (Å²) >= 11 is 0. The SMILES string of the molecule is [B][C@@H]1O[C@H](/C=C/P(=O)(OC)OC)C[C@H]1OCCCN. The van der Waals surface area contributed by atoms with Crippen molar-refractivity contribution in [3.05, 3.63) is 11.9 Å². The van der Waals surface area contributed by atoms with Gasteiger partial charge in [0.1, 0.15) is 7.85 Å². The first-order chi connectivity index (χ1) is 9.04. The van der Waals surface area contributed by atoms with Crippen LogP contribution in [-0.2, 0) is 23.1 Å². The molecule has 0 amide bonds. The Morgan fingerprint density at radius 2 is 2.16 bits per heavy atom. The second kappa shape index (κ2) is 8.20. The molecular weight excluding hydrogens is 268 g/mol. The smallest absolute Gasteiger partial charge is 0.353 e. The summed E-state index contributed by atoms with van der Waals surface area (Å²) in [4.78, 5) is 0. The van der Waals surface area contributed by atoms with Gasteiger partial charge in [-0.15, -0.1) is 0 Å². The summed E-state index contributed by atoms with van der Waals surface area (Å²) in [6, 6.07) is -0.489. The average Bonchev–Trinajstić information content (AvgIpc) is 2.77. The van der Waals surface area contributed by atoms with Crippen LogP contribution in [0.25, 0.3) is 0 Å². The molecule has 0 bridgehead atoms. The summed E-state index contributed by atoms with van der Waals surface area (Å²) in [6.07, 6.45) is 2.60. The van der Waals surface area contributed by atoms with E-state index in [0.717, 1.165) is 6.42 Å². The lowest BCUT2D eigenvalue weighted by Gasteiger charge is -2.14. The van der Waals surface area contributed by atoms with Gasteiger partial charge in [0.2, 0.25) is 0 Å². The second-order valence-corrected chi connectivity index (χ2v) is 6.28. The number of hydrogen-bond donors (Lipinski definition) is 1. The van der Waals surface area contributed by atoms with Gasteiger partial charge in [-0.05, 0) is 19.0 Å². The molecule has 0 aromatic carbocycles. The van der Waals surface area contributed by atoms with Crippen molar-refractivity contribution in [3.63, 3.8) is 0 Å². The van der Waals surface area contributed by atoms with Crippen molar-refractivity contribution in [1.29, 1.82) is 0 Å². The highest BCUT2D eigenvalue weighted by atomic mass is 31.2. The van der Waals surface area contributed by atoms with Crippen molar-refractivity contribution in [3.8, 4) is 0 Å². The van der Waals surface area contributed by atoms with Crippen LogP contribution in [0, 0.1) is 0 Å². The first-order valence-electron chi connectivity index (χ1n) is 6.18. The van der Waals surface area contributed by atoms with Crippen LogP contribution in [-0.4, -0.2) is 53.4 Å². The predicted molar refractivity (Wildman–Crippen MR) is 73.2 cm³/mol. The van der Waals surface area contributed by atoms with Crippen LogP contribution in [0.3, 0.4) is 0 Å². The van der Waals surface area contributed by atoms with Crippen LogP contribution in [0.2, 0.25) is 0 Å². The third kappa shape index (κ3) is 5.38. The van der Waals surface area contributed by atoms with E-state index in [0.29, 0.717) is 19.6 Å². The Bertz CT molecular complexity index is 333. The summed E-state index contributed by atoms with van der Waals surface area (Å²) in [5.41, 5.74) is 5.39. The molecule has 0 saturated carbocycles. The van der Waals surface area contributed by atoms with Crippen molar-refractivity contribution in [2.45, 2.75) is 31.1 Å². The molecule has 19 heavy (non-hydrogen) atoms. The van der Waals surface area contributed by atoms with Crippen molar-refractivity contribution in [2.75, 3.05) is 27.4 Å². The van der Waals surface area contributed by atoms with E-state index in [1.807, 2.05) is 0 Å². The Hall–Kier alpha value is -0.165. The Labute approximate surface area is 115 Å². The Kier molecular flexibility index (Phi) is 7.28. The lowest BCUT2D eigenvalue weighted by molar-refractivity contribution is 0.0210. The van der Waals surface area contributed by atoms with E-state index in [9.17, 15) is 4.57 Å². The number of hydrogen-bond acceptors (Lipinski definition) is 6. The molecule has 0 unspecified atom stereocenters. The normalized spacial score (nSPS) is 28.3. The van der Waals surface area contributed by atoms with Crippen LogP contribution in [0.4, 0.5) is 0 Å². The fraction of sp³-hybridized carbons (Fsp3) is 0.818. The fourth-order valence-electron chi connectivity index (χ4n) is 1.71. The van der Waals surface area contributed by atoms with E-state index in [1.165, 1.54) is 20.0 Å². The summed E-state index contributed by atoms with van der Waals surface area (Å²) in [5, 5.41) is 0. The molecule has 2 N–H and O–H groups in total. The minimum Gasteiger partial charge on any atom is -0.378 e. The van der Waals surface area contributed by atoms with Crippen LogP contribution in [0.5, 0.6) is 0 Å². The molecule has 1 aliphatic rings. The largest absolute Gasteiger partial charge is 0.378 e.